The lowest BCUT2D eigenvalue weighted by molar-refractivity contribution is -0.134. The van der Waals surface area contributed by atoms with E-state index in [1.54, 1.807) is 48.5 Å². The summed E-state index contributed by atoms with van der Waals surface area (Å²) in [4.78, 5) is 23.1. The van der Waals surface area contributed by atoms with Crippen LogP contribution in [0.4, 0.5) is 4.79 Å². The first-order chi connectivity index (χ1) is 10.7. The van der Waals surface area contributed by atoms with Crippen LogP contribution in [0.5, 0.6) is 11.5 Å². The van der Waals surface area contributed by atoms with Crippen LogP contribution in [0.25, 0.3) is 0 Å². The summed E-state index contributed by atoms with van der Waals surface area (Å²) in [6.45, 7) is 0.343. The van der Waals surface area contributed by atoms with Gasteiger partial charge < -0.3 is 14.8 Å². The number of amides is 1. The summed E-state index contributed by atoms with van der Waals surface area (Å²) in [5.41, 5.74) is 0. The van der Waals surface area contributed by atoms with Crippen LogP contribution in [-0.2, 0) is 4.79 Å². The molecule has 0 atom stereocenters. The average Bonchev–Trinajstić information content (AvgIpc) is 2.53. The predicted octanol–water partition coefficient (Wildman–Crippen LogP) is 3.16. The Morgan fingerprint density at radius 3 is 1.95 bits per heavy atom. The molecule has 0 aliphatic carbocycles. The zero-order valence-corrected chi connectivity index (χ0v) is 12.0. The quantitative estimate of drug-likeness (QED) is 0.505. The molecular formula is C17H17NO4. The fourth-order valence-electron chi connectivity index (χ4n) is 1.73. The van der Waals surface area contributed by atoms with Gasteiger partial charge in [0.15, 0.2) is 0 Å². The Kier molecular flexibility index (Phi) is 5.99. The number of carbonyl (C=O) groups is 2. The summed E-state index contributed by atoms with van der Waals surface area (Å²) in [7, 11) is 0. The van der Waals surface area contributed by atoms with Crippen LogP contribution >= 0.6 is 0 Å². The summed E-state index contributed by atoms with van der Waals surface area (Å²) < 4.78 is 10.2. The Morgan fingerprint density at radius 1 is 0.818 bits per heavy atom. The highest BCUT2D eigenvalue weighted by Gasteiger charge is 2.06. The van der Waals surface area contributed by atoms with Gasteiger partial charge in [-0.3, -0.25) is 4.79 Å². The van der Waals surface area contributed by atoms with Crippen LogP contribution < -0.4 is 14.8 Å². The zero-order valence-electron chi connectivity index (χ0n) is 12.0. The molecule has 2 aromatic rings. The van der Waals surface area contributed by atoms with Crippen molar-refractivity contribution in [1.82, 2.24) is 5.32 Å². The Bertz CT molecular complexity index is 543. The van der Waals surface area contributed by atoms with Crippen LogP contribution in [0, 0.1) is 0 Å². The molecular weight excluding hydrogens is 282 g/mol. The van der Waals surface area contributed by atoms with Crippen molar-refractivity contribution in [2.24, 2.45) is 0 Å². The number of para-hydroxylation sites is 2. The lowest BCUT2D eigenvalue weighted by Crippen LogP contribution is -2.28. The highest BCUT2D eigenvalue weighted by atomic mass is 16.6. The summed E-state index contributed by atoms with van der Waals surface area (Å²) in [5, 5.41) is 2.58. The molecule has 0 aliphatic rings. The van der Waals surface area contributed by atoms with E-state index in [1.807, 2.05) is 12.1 Å². The minimum Gasteiger partial charge on any atom is -0.427 e. The van der Waals surface area contributed by atoms with Crippen LogP contribution in [0.15, 0.2) is 60.7 Å². The van der Waals surface area contributed by atoms with Gasteiger partial charge in [0.2, 0.25) is 0 Å². The molecule has 114 valence electrons. The van der Waals surface area contributed by atoms with Gasteiger partial charge in [0.1, 0.15) is 11.5 Å². The molecule has 0 spiro atoms. The number of esters is 1. The molecule has 0 saturated heterocycles. The number of benzene rings is 2. The minimum absolute atomic E-state index is 0.223. The van der Waals surface area contributed by atoms with E-state index in [4.69, 9.17) is 9.47 Å². The maximum atomic E-state index is 11.6. The highest BCUT2D eigenvalue weighted by molar-refractivity contribution is 5.72. The lowest BCUT2D eigenvalue weighted by atomic mass is 10.3. The molecule has 2 rings (SSSR count). The van der Waals surface area contributed by atoms with E-state index >= 15 is 0 Å². The molecule has 5 heteroatoms. The van der Waals surface area contributed by atoms with Gasteiger partial charge >= 0.3 is 12.1 Å². The third kappa shape index (κ3) is 5.66. The number of hydrogen-bond donors (Lipinski definition) is 1. The SMILES string of the molecule is O=C(CCCNC(=O)Oc1ccccc1)Oc1ccccc1. The first kappa shape index (κ1) is 15.6. The summed E-state index contributed by atoms with van der Waals surface area (Å²) in [5.74, 6) is 0.664. The van der Waals surface area contributed by atoms with Gasteiger partial charge in [0.25, 0.3) is 0 Å². The maximum absolute atomic E-state index is 11.6. The van der Waals surface area contributed by atoms with E-state index < -0.39 is 6.09 Å². The van der Waals surface area contributed by atoms with E-state index in [1.165, 1.54) is 0 Å². The first-order valence-electron chi connectivity index (χ1n) is 7.00. The second kappa shape index (κ2) is 8.46. The fraction of sp³-hybridized carbons (Fsp3) is 0.176. The van der Waals surface area contributed by atoms with E-state index in [0.717, 1.165) is 0 Å². The zero-order chi connectivity index (χ0) is 15.6. The molecule has 0 unspecified atom stereocenters. The van der Waals surface area contributed by atoms with Crippen molar-refractivity contribution in [2.75, 3.05) is 6.54 Å². The molecule has 5 nitrogen and oxygen atoms in total. The maximum Gasteiger partial charge on any atom is 0.412 e. The van der Waals surface area contributed by atoms with Crippen molar-refractivity contribution in [3.63, 3.8) is 0 Å². The van der Waals surface area contributed by atoms with E-state index in [9.17, 15) is 9.59 Å². The van der Waals surface area contributed by atoms with Crippen molar-refractivity contribution in [3.05, 3.63) is 60.7 Å². The molecule has 0 aliphatic heterocycles. The molecule has 1 N–H and O–H groups in total. The molecule has 0 fully saturated rings. The van der Waals surface area contributed by atoms with Gasteiger partial charge in [-0.2, -0.15) is 0 Å². The van der Waals surface area contributed by atoms with E-state index in [2.05, 4.69) is 5.32 Å². The number of carbonyl (C=O) groups excluding carboxylic acids is 2. The molecule has 0 bridgehead atoms. The summed E-state index contributed by atoms with van der Waals surface area (Å²) >= 11 is 0. The van der Waals surface area contributed by atoms with Crippen LogP contribution in [0.2, 0.25) is 0 Å². The molecule has 0 aromatic heterocycles. The summed E-state index contributed by atoms with van der Waals surface area (Å²) in [6, 6.07) is 17.6. The van der Waals surface area contributed by atoms with Gasteiger partial charge in [-0.1, -0.05) is 36.4 Å². The van der Waals surface area contributed by atoms with Gasteiger partial charge in [-0.15, -0.1) is 0 Å². The Morgan fingerprint density at radius 2 is 1.36 bits per heavy atom. The van der Waals surface area contributed by atoms with E-state index in [-0.39, 0.29) is 12.4 Å². The molecule has 0 radical (unpaired) electrons. The van der Waals surface area contributed by atoms with Gasteiger partial charge in [-0.25, -0.2) is 4.79 Å². The van der Waals surface area contributed by atoms with Gasteiger partial charge in [0, 0.05) is 13.0 Å². The van der Waals surface area contributed by atoms with Gasteiger partial charge in [0.05, 0.1) is 0 Å². The number of nitrogens with one attached hydrogen (secondary N) is 1. The molecule has 2 aromatic carbocycles. The van der Waals surface area contributed by atoms with E-state index in [0.29, 0.717) is 24.5 Å². The largest absolute Gasteiger partial charge is 0.427 e. The van der Waals surface area contributed by atoms with Crippen molar-refractivity contribution in [1.29, 1.82) is 0 Å². The van der Waals surface area contributed by atoms with Crippen LogP contribution in [0.1, 0.15) is 12.8 Å². The molecule has 1 amide bonds. The smallest absolute Gasteiger partial charge is 0.412 e. The molecule has 0 heterocycles. The highest BCUT2D eigenvalue weighted by Crippen LogP contribution is 2.10. The Hall–Kier alpha value is -2.82. The van der Waals surface area contributed by atoms with Crippen molar-refractivity contribution >= 4 is 12.1 Å². The Balaban J connectivity index is 1.60. The third-order valence-corrected chi connectivity index (χ3v) is 2.76. The monoisotopic (exact) mass is 299 g/mol. The molecule has 22 heavy (non-hydrogen) atoms. The van der Waals surface area contributed by atoms with Gasteiger partial charge in [-0.05, 0) is 30.7 Å². The number of rotatable bonds is 6. The lowest BCUT2D eigenvalue weighted by Gasteiger charge is -2.06. The fourth-order valence-corrected chi connectivity index (χ4v) is 1.73. The van der Waals surface area contributed by atoms with Crippen molar-refractivity contribution < 1.29 is 19.1 Å². The second-order valence-electron chi connectivity index (χ2n) is 4.52. The number of ether oxygens (including phenoxy) is 2. The normalized spacial score (nSPS) is 9.82. The minimum atomic E-state index is -0.539. The number of hydrogen-bond acceptors (Lipinski definition) is 4. The Labute approximate surface area is 128 Å². The van der Waals surface area contributed by atoms with Crippen molar-refractivity contribution in [3.8, 4) is 11.5 Å². The van der Waals surface area contributed by atoms with Crippen LogP contribution in [-0.4, -0.2) is 18.6 Å². The van der Waals surface area contributed by atoms with Crippen molar-refractivity contribution in [2.45, 2.75) is 12.8 Å². The second-order valence-corrected chi connectivity index (χ2v) is 4.52. The average molecular weight is 299 g/mol. The predicted molar refractivity (Wildman–Crippen MR) is 81.8 cm³/mol. The first-order valence-corrected chi connectivity index (χ1v) is 7.00. The van der Waals surface area contributed by atoms with Crippen LogP contribution in [0.3, 0.4) is 0 Å². The third-order valence-electron chi connectivity index (χ3n) is 2.76. The summed E-state index contributed by atoms with van der Waals surface area (Å²) in [6.07, 6.45) is 0.165. The molecule has 0 saturated carbocycles. The standard InChI is InChI=1S/C17H17NO4/c19-16(21-14-8-3-1-4-9-14)12-7-13-18-17(20)22-15-10-5-2-6-11-15/h1-6,8-11H,7,12-13H2,(H,18,20). The topological polar surface area (TPSA) is 64.6 Å².